The average Bonchev–Trinajstić information content (AvgIpc) is 2.04. The summed E-state index contributed by atoms with van der Waals surface area (Å²) in [6.45, 7) is 0.128. The van der Waals surface area contributed by atoms with Gasteiger partial charge in [0, 0.05) is 6.42 Å². The lowest BCUT2D eigenvalue weighted by molar-refractivity contribution is -0.557. The van der Waals surface area contributed by atoms with Crippen LogP contribution in [0.15, 0.2) is 5.28 Å². The number of carbonyl (C=O) groups is 1. The van der Waals surface area contributed by atoms with Crippen LogP contribution in [0.1, 0.15) is 12.8 Å². The summed E-state index contributed by atoms with van der Waals surface area (Å²) in [5.74, 6) is -0.333. The summed E-state index contributed by atoms with van der Waals surface area (Å²) >= 11 is 0. The summed E-state index contributed by atoms with van der Waals surface area (Å²) in [5.41, 5.74) is 0. The largest absolute Gasteiger partial charge is 0.597 e. The number of hydrogen-bond acceptors (Lipinski definition) is 5. The first kappa shape index (κ1) is 10.7. The molecule has 0 radical (unpaired) electrons. The molecule has 0 unspecified atom stereocenters. The summed E-state index contributed by atoms with van der Waals surface area (Å²) in [4.78, 5) is 15.1. The van der Waals surface area contributed by atoms with Crippen molar-refractivity contribution in [3.8, 4) is 0 Å². The molecule has 0 fully saturated rings. The van der Waals surface area contributed by atoms with E-state index in [-0.39, 0.29) is 18.9 Å². The molecule has 6 heteroatoms. The van der Waals surface area contributed by atoms with Crippen LogP contribution in [-0.2, 0) is 14.4 Å². The van der Waals surface area contributed by atoms with Crippen molar-refractivity contribution in [3.05, 3.63) is 5.21 Å². The van der Waals surface area contributed by atoms with Gasteiger partial charge in [0.1, 0.15) is 7.11 Å². The highest BCUT2D eigenvalue weighted by molar-refractivity contribution is 5.68. The number of ether oxygens (including phenoxy) is 1. The van der Waals surface area contributed by atoms with E-state index in [1.54, 1.807) is 0 Å². The molecule has 0 heterocycles. The van der Waals surface area contributed by atoms with Crippen molar-refractivity contribution in [1.82, 2.24) is 0 Å². The second-order valence-corrected chi connectivity index (χ2v) is 2.02. The Balaban J connectivity index is 3.43. The Hall–Kier alpha value is -1.33. The van der Waals surface area contributed by atoms with E-state index in [1.807, 2.05) is 0 Å². The fourth-order valence-electron chi connectivity index (χ4n) is 0.593. The Morgan fingerprint density at radius 1 is 1.58 bits per heavy atom. The average molecular weight is 176 g/mol. The molecule has 12 heavy (non-hydrogen) atoms. The van der Waals surface area contributed by atoms with E-state index in [4.69, 9.17) is 0 Å². The molecular weight excluding hydrogens is 164 g/mol. The van der Waals surface area contributed by atoms with Gasteiger partial charge >= 0.3 is 5.97 Å². The zero-order chi connectivity index (χ0) is 9.40. The molecular formula is C6H12N2O4. The maximum atomic E-state index is 10.6. The molecule has 0 spiro atoms. The van der Waals surface area contributed by atoms with Gasteiger partial charge in [0.25, 0.3) is 0 Å². The Morgan fingerprint density at radius 2 is 2.25 bits per heavy atom. The van der Waals surface area contributed by atoms with Gasteiger partial charge in [0.15, 0.2) is 11.8 Å². The van der Waals surface area contributed by atoms with Gasteiger partial charge in [-0.15, -0.1) is 0 Å². The van der Waals surface area contributed by atoms with E-state index in [0.29, 0.717) is 11.3 Å². The van der Waals surface area contributed by atoms with Crippen molar-refractivity contribution < 1.29 is 19.2 Å². The van der Waals surface area contributed by atoms with Gasteiger partial charge in [-0.25, -0.2) is 0 Å². The molecule has 0 aliphatic heterocycles. The third-order valence-corrected chi connectivity index (χ3v) is 1.13. The van der Waals surface area contributed by atoms with E-state index in [9.17, 15) is 10.0 Å². The van der Waals surface area contributed by atoms with Crippen LogP contribution in [-0.4, -0.2) is 31.6 Å². The minimum absolute atomic E-state index is 0.128. The quantitative estimate of drug-likeness (QED) is 0.264. The van der Waals surface area contributed by atoms with E-state index >= 15 is 0 Å². The van der Waals surface area contributed by atoms with Crippen LogP contribution in [0.3, 0.4) is 0 Å². The molecule has 0 aromatic rings. The molecule has 0 amide bonds. The number of carbonyl (C=O) groups excluding carboxylic acids is 1. The number of hydrogen-bond donors (Lipinski definition) is 0. The Bertz CT molecular complexity index is 169. The Labute approximate surface area is 70.3 Å². The zero-order valence-electron chi connectivity index (χ0n) is 7.15. The molecule has 0 saturated heterocycles. The van der Waals surface area contributed by atoms with Crippen LogP contribution in [0.2, 0.25) is 0 Å². The first-order valence-corrected chi connectivity index (χ1v) is 3.46. The van der Waals surface area contributed by atoms with E-state index in [0.717, 1.165) is 0 Å². The van der Waals surface area contributed by atoms with Gasteiger partial charge in [-0.2, -0.15) is 0 Å². The van der Waals surface area contributed by atoms with Gasteiger partial charge in [-0.3, -0.25) is 4.79 Å². The second-order valence-electron chi connectivity index (χ2n) is 2.02. The van der Waals surface area contributed by atoms with E-state index in [1.165, 1.54) is 14.2 Å². The van der Waals surface area contributed by atoms with Crippen molar-refractivity contribution in [1.29, 1.82) is 0 Å². The first-order chi connectivity index (χ1) is 5.70. The van der Waals surface area contributed by atoms with Crippen LogP contribution in [0.5, 0.6) is 0 Å². The highest BCUT2D eigenvalue weighted by atomic mass is 16.7. The van der Waals surface area contributed by atoms with Crippen molar-refractivity contribution in [2.24, 2.45) is 5.28 Å². The molecule has 0 N–H and O–H groups in total. The van der Waals surface area contributed by atoms with Gasteiger partial charge in [-0.05, 0) is 0 Å². The topological polar surface area (TPSA) is 74.0 Å². The molecule has 6 nitrogen and oxygen atoms in total. The van der Waals surface area contributed by atoms with E-state index < -0.39 is 0 Å². The molecule has 0 bridgehead atoms. The van der Waals surface area contributed by atoms with Crippen molar-refractivity contribution in [2.45, 2.75) is 12.8 Å². The first-order valence-electron chi connectivity index (χ1n) is 3.46. The Kier molecular flexibility index (Phi) is 5.68. The lowest BCUT2D eigenvalue weighted by Gasteiger charge is -1.98. The summed E-state index contributed by atoms with van der Waals surface area (Å²) in [6.07, 6.45) is 0.623. The van der Waals surface area contributed by atoms with Crippen LogP contribution in [0.4, 0.5) is 0 Å². The minimum atomic E-state index is -0.333. The minimum Gasteiger partial charge on any atom is -0.597 e. The van der Waals surface area contributed by atoms with Gasteiger partial charge in [0.2, 0.25) is 0 Å². The molecule has 0 rings (SSSR count). The summed E-state index contributed by atoms with van der Waals surface area (Å²) in [5, 5.41) is 13.7. The molecule has 0 aromatic heterocycles. The predicted molar refractivity (Wildman–Crippen MR) is 39.2 cm³/mol. The number of rotatable bonds is 5. The fraction of sp³-hybridized carbons (Fsp3) is 0.833. The van der Waals surface area contributed by atoms with Gasteiger partial charge < -0.3 is 14.8 Å². The summed E-state index contributed by atoms with van der Waals surface area (Å²) < 4.78 is 4.37. The number of hydroxylamine groups is 1. The fourth-order valence-corrected chi connectivity index (χ4v) is 0.593. The lowest BCUT2D eigenvalue weighted by atomic mass is 10.3. The van der Waals surface area contributed by atoms with Crippen LogP contribution >= 0.6 is 0 Å². The third kappa shape index (κ3) is 5.45. The SMILES string of the molecule is CO/N=[N+](\[O-])CCCC(=O)OC. The van der Waals surface area contributed by atoms with Gasteiger partial charge in [-0.1, -0.05) is 4.86 Å². The molecule has 0 aromatic carbocycles. The molecule has 70 valence electrons. The smallest absolute Gasteiger partial charge is 0.305 e. The van der Waals surface area contributed by atoms with Crippen LogP contribution in [0.25, 0.3) is 0 Å². The highest BCUT2D eigenvalue weighted by Gasteiger charge is 2.02. The Morgan fingerprint density at radius 3 is 2.75 bits per heavy atom. The maximum Gasteiger partial charge on any atom is 0.305 e. The number of methoxy groups -OCH3 is 1. The maximum absolute atomic E-state index is 10.6. The normalized spacial score (nSPS) is 11.0. The lowest BCUT2D eigenvalue weighted by Crippen LogP contribution is -2.07. The number of nitrogens with zero attached hydrogens (tertiary/aromatic N) is 2. The third-order valence-electron chi connectivity index (χ3n) is 1.13. The summed E-state index contributed by atoms with van der Waals surface area (Å²) in [6, 6.07) is 0. The van der Waals surface area contributed by atoms with E-state index in [2.05, 4.69) is 14.9 Å². The van der Waals surface area contributed by atoms with Gasteiger partial charge in [0.05, 0.1) is 13.5 Å². The second kappa shape index (κ2) is 6.38. The van der Waals surface area contributed by atoms with Crippen molar-refractivity contribution in [2.75, 3.05) is 20.8 Å². The van der Waals surface area contributed by atoms with Crippen molar-refractivity contribution >= 4 is 5.97 Å². The molecule has 0 aliphatic carbocycles. The molecule has 0 saturated carbocycles. The van der Waals surface area contributed by atoms with Crippen LogP contribution in [0, 0.1) is 5.21 Å². The monoisotopic (exact) mass is 176 g/mol. The zero-order valence-corrected chi connectivity index (χ0v) is 7.15. The highest BCUT2D eigenvalue weighted by Crippen LogP contribution is 1.92. The van der Waals surface area contributed by atoms with Crippen LogP contribution < -0.4 is 0 Å². The summed E-state index contributed by atoms with van der Waals surface area (Å²) in [7, 11) is 2.59. The standard InChI is InChI=1S/C6H12N2O4/c1-11-6(9)4-3-5-8(10)7-12-2/h3-5H2,1-2H3/b8-7-. The molecule has 0 atom stereocenters. The predicted octanol–water partition coefficient (Wildman–Crippen LogP) is 0.464. The number of esters is 1. The van der Waals surface area contributed by atoms with Crippen molar-refractivity contribution in [3.63, 3.8) is 0 Å². The molecule has 0 aliphatic rings.